The second kappa shape index (κ2) is 11.5. The summed E-state index contributed by atoms with van der Waals surface area (Å²) < 4.78 is 5.34. The SMILES string of the molecule is CCNC(=NCC(C)(C)NC(=O)OC(C)(C)C)NCCN1CCCN(C)CC1. The van der Waals surface area contributed by atoms with Crippen molar-refractivity contribution in [2.45, 2.75) is 59.1 Å². The molecule has 0 aromatic heterocycles. The van der Waals surface area contributed by atoms with Crippen molar-refractivity contribution in [3.63, 3.8) is 0 Å². The van der Waals surface area contributed by atoms with E-state index in [-0.39, 0.29) is 0 Å². The minimum absolute atomic E-state index is 0.420. The Morgan fingerprint density at radius 3 is 2.43 bits per heavy atom. The molecule has 0 atom stereocenters. The molecule has 0 aliphatic carbocycles. The highest BCUT2D eigenvalue weighted by molar-refractivity contribution is 5.79. The fourth-order valence-electron chi connectivity index (χ4n) is 2.89. The maximum Gasteiger partial charge on any atom is 0.408 e. The first-order valence-corrected chi connectivity index (χ1v) is 10.4. The molecule has 0 aromatic carbocycles. The fraction of sp³-hybridized carbons (Fsp3) is 0.900. The minimum Gasteiger partial charge on any atom is -0.444 e. The van der Waals surface area contributed by atoms with Gasteiger partial charge in [0.15, 0.2) is 5.96 Å². The molecule has 8 heteroatoms. The van der Waals surface area contributed by atoms with Gasteiger partial charge in [0.1, 0.15) is 5.60 Å². The van der Waals surface area contributed by atoms with Crippen LogP contribution in [0.3, 0.4) is 0 Å². The zero-order valence-corrected chi connectivity index (χ0v) is 19.0. The van der Waals surface area contributed by atoms with Crippen LogP contribution < -0.4 is 16.0 Å². The molecule has 0 aromatic rings. The zero-order valence-electron chi connectivity index (χ0n) is 19.0. The molecule has 0 saturated carbocycles. The second-order valence-electron chi connectivity index (χ2n) is 9.13. The molecule has 8 nitrogen and oxygen atoms in total. The summed E-state index contributed by atoms with van der Waals surface area (Å²) in [4.78, 5) is 21.5. The van der Waals surface area contributed by atoms with E-state index in [1.165, 1.54) is 13.0 Å². The van der Waals surface area contributed by atoms with E-state index >= 15 is 0 Å². The van der Waals surface area contributed by atoms with E-state index in [0.29, 0.717) is 6.54 Å². The van der Waals surface area contributed by atoms with E-state index in [0.717, 1.165) is 45.2 Å². The molecule has 0 bridgehead atoms. The number of nitrogens with one attached hydrogen (secondary N) is 3. The second-order valence-corrected chi connectivity index (χ2v) is 9.13. The molecule has 0 radical (unpaired) electrons. The Morgan fingerprint density at radius 1 is 1.07 bits per heavy atom. The zero-order chi connectivity index (χ0) is 21.2. The maximum atomic E-state index is 12.0. The molecule has 3 N–H and O–H groups in total. The standard InChI is InChI=1S/C20H42N6O2/c1-8-21-17(22-10-13-26-12-9-11-25(7)14-15-26)23-16-20(5,6)24-18(27)28-19(2,3)4/h8-16H2,1-7H3,(H,24,27)(H2,21,22,23). The first-order chi connectivity index (χ1) is 13.0. The van der Waals surface area contributed by atoms with Crippen molar-refractivity contribution in [3.05, 3.63) is 0 Å². The summed E-state index contributed by atoms with van der Waals surface area (Å²) >= 11 is 0. The van der Waals surface area contributed by atoms with Crippen LogP contribution in [-0.4, -0.2) is 92.4 Å². The Balaban J connectivity index is 2.47. The number of carbonyl (C=O) groups excluding carboxylic acids is 1. The van der Waals surface area contributed by atoms with Crippen molar-refractivity contribution in [3.8, 4) is 0 Å². The lowest BCUT2D eigenvalue weighted by Crippen LogP contribution is -2.49. The van der Waals surface area contributed by atoms with Crippen molar-refractivity contribution in [1.82, 2.24) is 25.8 Å². The number of nitrogens with zero attached hydrogens (tertiary/aromatic N) is 3. The predicted molar refractivity (Wildman–Crippen MR) is 116 cm³/mol. The Hall–Kier alpha value is -1.54. The normalized spacial score (nSPS) is 17.8. The molecule has 1 rings (SSSR count). The van der Waals surface area contributed by atoms with Crippen LogP contribution in [0, 0.1) is 0 Å². The minimum atomic E-state index is -0.512. The molecule has 0 unspecified atom stereocenters. The molecular weight excluding hydrogens is 356 g/mol. The Kier molecular flexibility index (Phi) is 10.0. The third kappa shape index (κ3) is 11.3. The number of rotatable bonds is 7. The van der Waals surface area contributed by atoms with Crippen LogP contribution in [0.15, 0.2) is 4.99 Å². The Bertz CT molecular complexity index is 501. The summed E-state index contributed by atoms with van der Waals surface area (Å²) in [6, 6.07) is 0. The average Bonchev–Trinajstić information content (AvgIpc) is 2.75. The van der Waals surface area contributed by atoms with Crippen molar-refractivity contribution >= 4 is 12.1 Å². The molecule has 1 amide bonds. The van der Waals surface area contributed by atoms with Crippen LogP contribution in [0.2, 0.25) is 0 Å². The van der Waals surface area contributed by atoms with E-state index in [1.807, 2.05) is 41.5 Å². The Morgan fingerprint density at radius 2 is 1.79 bits per heavy atom. The van der Waals surface area contributed by atoms with Crippen molar-refractivity contribution in [2.75, 3.05) is 59.4 Å². The number of ether oxygens (including phenoxy) is 1. The van der Waals surface area contributed by atoms with Crippen LogP contribution in [-0.2, 0) is 4.74 Å². The largest absolute Gasteiger partial charge is 0.444 e. The molecule has 1 saturated heterocycles. The van der Waals surface area contributed by atoms with E-state index in [1.54, 1.807) is 0 Å². The van der Waals surface area contributed by atoms with Gasteiger partial charge in [-0.05, 0) is 68.1 Å². The molecule has 0 spiro atoms. The number of hydrogen-bond acceptors (Lipinski definition) is 5. The van der Waals surface area contributed by atoms with E-state index in [2.05, 4.69) is 37.8 Å². The molecule has 1 heterocycles. The van der Waals surface area contributed by atoms with Crippen molar-refractivity contribution in [2.24, 2.45) is 4.99 Å². The number of alkyl carbamates (subject to hydrolysis) is 1. The molecule has 1 aliphatic heterocycles. The first kappa shape index (κ1) is 24.5. The van der Waals surface area contributed by atoms with Gasteiger partial charge in [0.25, 0.3) is 0 Å². The van der Waals surface area contributed by atoms with Gasteiger partial charge in [-0.1, -0.05) is 0 Å². The monoisotopic (exact) mass is 398 g/mol. The van der Waals surface area contributed by atoms with Gasteiger partial charge in [-0.3, -0.25) is 4.99 Å². The number of hydrogen-bond donors (Lipinski definition) is 3. The predicted octanol–water partition coefficient (Wildman–Crippen LogP) is 1.48. The lowest BCUT2D eigenvalue weighted by Gasteiger charge is -2.27. The topological polar surface area (TPSA) is 81.2 Å². The summed E-state index contributed by atoms with van der Waals surface area (Å²) in [6.07, 6.45) is 0.798. The van der Waals surface area contributed by atoms with Gasteiger partial charge in [-0.15, -0.1) is 0 Å². The molecule has 164 valence electrons. The van der Waals surface area contributed by atoms with Crippen LogP contribution >= 0.6 is 0 Å². The summed E-state index contributed by atoms with van der Waals surface area (Å²) in [5.74, 6) is 0.772. The van der Waals surface area contributed by atoms with E-state index < -0.39 is 17.2 Å². The average molecular weight is 399 g/mol. The molecule has 1 aliphatic rings. The lowest BCUT2D eigenvalue weighted by molar-refractivity contribution is 0.0476. The number of carbonyl (C=O) groups is 1. The van der Waals surface area contributed by atoms with Crippen LogP contribution in [0.5, 0.6) is 0 Å². The highest BCUT2D eigenvalue weighted by atomic mass is 16.6. The van der Waals surface area contributed by atoms with Crippen LogP contribution in [0.4, 0.5) is 4.79 Å². The summed E-state index contributed by atoms with van der Waals surface area (Å²) in [6.45, 7) is 19.1. The number of likely N-dealkylation sites (N-methyl/N-ethyl adjacent to an activating group) is 1. The number of guanidine groups is 1. The summed E-state index contributed by atoms with van der Waals surface area (Å²) in [7, 11) is 2.19. The molecule has 28 heavy (non-hydrogen) atoms. The van der Waals surface area contributed by atoms with Gasteiger partial charge in [0.2, 0.25) is 0 Å². The highest BCUT2D eigenvalue weighted by Gasteiger charge is 2.24. The summed E-state index contributed by atoms with van der Waals surface area (Å²) in [5, 5.41) is 9.57. The van der Waals surface area contributed by atoms with Crippen molar-refractivity contribution in [1.29, 1.82) is 0 Å². The number of amides is 1. The van der Waals surface area contributed by atoms with Gasteiger partial charge < -0.3 is 30.5 Å². The van der Waals surface area contributed by atoms with Gasteiger partial charge in [0.05, 0.1) is 12.1 Å². The fourth-order valence-corrected chi connectivity index (χ4v) is 2.89. The lowest BCUT2D eigenvalue weighted by atomic mass is 10.1. The quantitative estimate of drug-likeness (QED) is 0.445. The van der Waals surface area contributed by atoms with Crippen molar-refractivity contribution < 1.29 is 9.53 Å². The third-order valence-corrected chi connectivity index (χ3v) is 4.35. The van der Waals surface area contributed by atoms with Crippen LogP contribution in [0.1, 0.15) is 48.0 Å². The molecule has 1 fully saturated rings. The van der Waals surface area contributed by atoms with E-state index in [9.17, 15) is 4.79 Å². The van der Waals surface area contributed by atoms with Gasteiger partial charge in [-0.25, -0.2) is 4.79 Å². The smallest absolute Gasteiger partial charge is 0.408 e. The summed E-state index contributed by atoms with van der Waals surface area (Å²) in [5.41, 5.74) is -1.01. The maximum absolute atomic E-state index is 12.0. The van der Waals surface area contributed by atoms with E-state index in [4.69, 9.17) is 4.74 Å². The van der Waals surface area contributed by atoms with Crippen LogP contribution in [0.25, 0.3) is 0 Å². The van der Waals surface area contributed by atoms with Gasteiger partial charge >= 0.3 is 6.09 Å². The van der Waals surface area contributed by atoms with Gasteiger partial charge in [-0.2, -0.15) is 0 Å². The highest BCUT2D eigenvalue weighted by Crippen LogP contribution is 2.09. The Labute approximate surface area is 171 Å². The molecular formula is C20H42N6O2. The third-order valence-electron chi connectivity index (χ3n) is 4.35. The first-order valence-electron chi connectivity index (χ1n) is 10.4. The van der Waals surface area contributed by atoms with Gasteiger partial charge in [0, 0.05) is 32.7 Å². The number of aliphatic imine (C=N–C) groups is 1.